The summed E-state index contributed by atoms with van der Waals surface area (Å²) in [4.78, 5) is 10.1. The van der Waals surface area contributed by atoms with Crippen LogP contribution in [0.3, 0.4) is 0 Å². The smallest absolute Gasteiger partial charge is 0.137 e. The minimum absolute atomic E-state index is 0.668. The van der Waals surface area contributed by atoms with Crippen molar-refractivity contribution in [2.75, 3.05) is 19.6 Å². The van der Waals surface area contributed by atoms with E-state index in [4.69, 9.17) is 0 Å². The standard InChI is InChI=1S/C14H18N3/c1-10(2)7-17-8-13(9-17)12-5-11-3-4-15-14(11)16-6-12/h3-6,13H,7-9H2,1-2H3,(H,15,16). The van der Waals surface area contributed by atoms with E-state index in [2.05, 4.69) is 40.8 Å². The predicted molar refractivity (Wildman–Crippen MR) is 69.9 cm³/mol. The van der Waals surface area contributed by atoms with Gasteiger partial charge in [-0.2, -0.15) is 0 Å². The Balaban J connectivity index is 1.69. The van der Waals surface area contributed by atoms with Gasteiger partial charge < -0.3 is 9.88 Å². The number of likely N-dealkylation sites (tertiary alicyclic amines) is 1. The number of nitrogens with zero attached hydrogens (tertiary/aromatic N) is 2. The van der Waals surface area contributed by atoms with E-state index in [9.17, 15) is 0 Å². The lowest BCUT2D eigenvalue weighted by Gasteiger charge is -2.40. The van der Waals surface area contributed by atoms with Gasteiger partial charge in [-0.05, 0) is 23.6 Å². The molecule has 2 aromatic rings. The predicted octanol–water partition coefficient (Wildman–Crippen LogP) is 2.58. The minimum Gasteiger partial charge on any atom is -0.346 e. The highest BCUT2D eigenvalue weighted by molar-refractivity contribution is 5.75. The summed E-state index contributed by atoms with van der Waals surface area (Å²) in [5.74, 6) is 2.16. The molecule has 2 aromatic heterocycles. The normalized spacial score (nSPS) is 17.8. The Morgan fingerprint density at radius 1 is 1.47 bits per heavy atom. The average molecular weight is 228 g/mol. The Kier molecular flexibility index (Phi) is 2.63. The summed E-state index contributed by atoms with van der Waals surface area (Å²) in [6, 6.07) is 4.36. The Labute approximate surface area is 102 Å². The number of hydrogen-bond acceptors (Lipinski definition) is 2. The van der Waals surface area contributed by atoms with Crippen LogP contribution in [-0.4, -0.2) is 34.5 Å². The third-order valence-electron chi connectivity index (χ3n) is 3.39. The molecule has 1 N–H and O–H groups in total. The van der Waals surface area contributed by atoms with Gasteiger partial charge in [-0.25, -0.2) is 4.98 Å². The highest BCUT2D eigenvalue weighted by Crippen LogP contribution is 2.28. The molecule has 0 saturated carbocycles. The molecule has 0 atom stereocenters. The molecule has 89 valence electrons. The number of rotatable bonds is 3. The van der Waals surface area contributed by atoms with Crippen LogP contribution >= 0.6 is 0 Å². The zero-order chi connectivity index (χ0) is 11.8. The van der Waals surface area contributed by atoms with E-state index in [0.29, 0.717) is 5.92 Å². The SMILES string of the molecule is C[C](C)CN1CC(c2cnc3[nH]ccc3c2)C1. The molecule has 0 spiro atoms. The van der Waals surface area contributed by atoms with Gasteiger partial charge in [0.25, 0.3) is 0 Å². The molecule has 1 fully saturated rings. The van der Waals surface area contributed by atoms with Gasteiger partial charge in [0.2, 0.25) is 0 Å². The summed E-state index contributed by atoms with van der Waals surface area (Å²) in [6.07, 6.45) is 3.97. The monoisotopic (exact) mass is 228 g/mol. The van der Waals surface area contributed by atoms with Crippen molar-refractivity contribution in [2.45, 2.75) is 19.8 Å². The Morgan fingerprint density at radius 2 is 2.29 bits per heavy atom. The van der Waals surface area contributed by atoms with Crippen molar-refractivity contribution in [1.82, 2.24) is 14.9 Å². The number of aromatic nitrogens is 2. The first kappa shape index (κ1) is 10.8. The van der Waals surface area contributed by atoms with E-state index >= 15 is 0 Å². The van der Waals surface area contributed by atoms with Crippen LogP contribution in [0.4, 0.5) is 0 Å². The Hall–Kier alpha value is -1.35. The van der Waals surface area contributed by atoms with Gasteiger partial charge in [0, 0.05) is 43.3 Å². The topological polar surface area (TPSA) is 31.9 Å². The molecule has 0 aliphatic carbocycles. The molecule has 17 heavy (non-hydrogen) atoms. The molecule has 1 aliphatic rings. The van der Waals surface area contributed by atoms with Gasteiger partial charge in [0.1, 0.15) is 5.65 Å². The van der Waals surface area contributed by atoms with E-state index in [-0.39, 0.29) is 0 Å². The number of aromatic amines is 1. The summed E-state index contributed by atoms with van der Waals surface area (Å²) < 4.78 is 0. The molecule has 3 nitrogen and oxygen atoms in total. The molecule has 1 aliphatic heterocycles. The third kappa shape index (κ3) is 2.07. The quantitative estimate of drug-likeness (QED) is 0.875. The molecular weight excluding hydrogens is 210 g/mol. The van der Waals surface area contributed by atoms with E-state index in [1.54, 1.807) is 0 Å². The minimum atomic E-state index is 0.668. The van der Waals surface area contributed by atoms with Crippen LogP contribution < -0.4 is 0 Å². The molecule has 0 bridgehead atoms. The highest BCUT2D eigenvalue weighted by Gasteiger charge is 2.28. The van der Waals surface area contributed by atoms with Gasteiger partial charge in [0.15, 0.2) is 0 Å². The largest absolute Gasteiger partial charge is 0.346 e. The second-order valence-corrected chi connectivity index (χ2v) is 5.28. The summed E-state index contributed by atoms with van der Waals surface area (Å²) in [5, 5.41) is 1.22. The second-order valence-electron chi connectivity index (χ2n) is 5.28. The second kappa shape index (κ2) is 4.15. The van der Waals surface area contributed by atoms with Gasteiger partial charge >= 0.3 is 0 Å². The fourth-order valence-corrected chi connectivity index (χ4v) is 2.54. The molecule has 1 saturated heterocycles. The van der Waals surface area contributed by atoms with E-state index in [0.717, 1.165) is 12.2 Å². The van der Waals surface area contributed by atoms with Crippen molar-refractivity contribution < 1.29 is 0 Å². The first-order chi connectivity index (χ1) is 8.22. The maximum atomic E-state index is 4.45. The van der Waals surface area contributed by atoms with E-state index < -0.39 is 0 Å². The van der Waals surface area contributed by atoms with Crippen LogP contribution in [0.15, 0.2) is 24.5 Å². The summed E-state index contributed by atoms with van der Waals surface area (Å²) in [7, 11) is 0. The van der Waals surface area contributed by atoms with Gasteiger partial charge in [0.05, 0.1) is 0 Å². The van der Waals surface area contributed by atoms with Crippen molar-refractivity contribution in [3.63, 3.8) is 0 Å². The van der Waals surface area contributed by atoms with Crippen molar-refractivity contribution in [2.24, 2.45) is 0 Å². The molecule has 1 radical (unpaired) electrons. The maximum absolute atomic E-state index is 4.45. The fraction of sp³-hybridized carbons (Fsp3) is 0.429. The van der Waals surface area contributed by atoms with Gasteiger partial charge in [-0.3, -0.25) is 0 Å². The van der Waals surface area contributed by atoms with Crippen LogP contribution in [-0.2, 0) is 0 Å². The maximum Gasteiger partial charge on any atom is 0.137 e. The van der Waals surface area contributed by atoms with Crippen molar-refractivity contribution in [3.8, 4) is 0 Å². The summed E-state index contributed by atoms with van der Waals surface area (Å²) in [6.45, 7) is 7.86. The van der Waals surface area contributed by atoms with E-state index in [1.807, 2.05) is 12.4 Å². The Morgan fingerprint density at radius 3 is 3.06 bits per heavy atom. The van der Waals surface area contributed by atoms with Crippen LogP contribution in [0.2, 0.25) is 0 Å². The number of fused-ring (bicyclic) bond motifs is 1. The average Bonchev–Trinajstić information content (AvgIpc) is 2.69. The van der Waals surface area contributed by atoms with Crippen LogP contribution in [0.25, 0.3) is 11.0 Å². The molecular formula is C14H18N3. The van der Waals surface area contributed by atoms with Crippen molar-refractivity contribution >= 4 is 11.0 Å². The third-order valence-corrected chi connectivity index (χ3v) is 3.39. The Bertz CT molecular complexity index is 509. The lowest BCUT2D eigenvalue weighted by atomic mass is 9.91. The van der Waals surface area contributed by atoms with E-state index in [1.165, 1.54) is 30.0 Å². The molecule has 0 amide bonds. The highest BCUT2D eigenvalue weighted by atomic mass is 15.2. The molecule has 3 heteroatoms. The fourth-order valence-electron chi connectivity index (χ4n) is 2.54. The van der Waals surface area contributed by atoms with Crippen LogP contribution in [0, 0.1) is 5.92 Å². The lowest BCUT2D eigenvalue weighted by molar-refractivity contribution is 0.155. The zero-order valence-electron chi connectivity index (χ0n) is 10.4. The number of hydrogen-bond donors (Lipinski definition) is 1. The summed E-state index contributed by atoms with van der Waals surface area (Å²) >= 11 is 0. The molecule has 3 heterocycles. The molecule has 0 aromatic carbocycles. The molecule has 3 rings (SSSR count). The van der Waals surface area contributed by atoms with Gasteiger partial charge in [-0.15, -0.1) is 0 Å². The molecule has 0 unspecified atom stereocenters. The summed E-state index contributed by atoms with van der Waals surface area (Å²) in [5.41, 5.74) is 2.37. The first-order valence-corrected chi connectivity index (χ1v) is 6.17. The van der Waals surface area contributed by atoms with Crippen LogP contribution in [0.1, 0.15) is 25.3 Å². The van der Waals surface area contributed by atoms with Crippen molar-refractivity contribution in [3.05, 3.63) is 36.0 Å². The van der Waals surface area contributed by atoms with Crippen LogP contribution in [0.5, 0.6) is 0 Å². The number of nitrogens with one attached hydrogen (secondary N) is 1. The van der Waals surface area contributed by atoms with Crippen molar-refractivity contribution in [1.29, 1.82) is 0 Å². The number of pyridine rings is 1. The first-order valence-electron chi connectivity index (χ1n) is 6.17. The zero-order valence-corrected chi connectivity index (χ0v) is 10.4. The van der Waals surface area contributed by atoms with Gasteiger partial charge in [-0.1, -0.05) is 13.8 Å². The lowest BCUT2D eigenvalue weighted by Crippen LogP contribution is -2.46. The number of H-pyrrole nitrogens is 1.